The Morgan fingerprint density at radius 3 is 2.62 bits per heavy atom. The molecule has 0 amide bonds. The summed E-state index contributed by atoms with van der Waals surface area (Å²) >= 11 is 0. The van der Waals surface area contributed by atoms with Gasteiger partial charge in [-0.3, -0.25) is 4.79 Å². The van der Waals surface area contributed by atoms with Crippen LogP contribution in [0.15, 0.2) is 30.5 Å². The molecule has 2 aromatic rings. The average Bonchev–Trinajstić information content (AvgIpc) is 2.91. The molecule has 2 N–H and O–H groups in total. The molecular weight excluding hydrogens is 304 g/mol. The number of hydrogen-bond donors (Lipinski definition) is 2. The molecule has 5 heteroatoms. The van der Waals surface area contributed by atoms with Crippen LogP contribution < -0.4 is 0 Å². The summed E-state index contributed by atoms with van der Waals surface area (Å²) in [6.07, 6.45) is 2.47. The van der Waals surface area contributed by atoms with Gasteiger partial charge in [0.1, 0.15) is 0 Å². The molecule has 0 saturated heterocycles. The maximum Gasteiger partial charge on any atom is 0.161 e. The fourth-order valence-corrected chi connectivity index (χ4v) is 2.99. The molecule has 1 heterocycles. The van der Waals surface area contributed by atoms with E-state index in [2.05, 4.69) is 0 Å². The van der Waals surface area contributed by atoms with Crippen LogP contribution in [-0.4, -0.2) is 57.8 Å². The number of benzene rings is 1. The van der Waals surface area contributed by atoms with E-state index in [0.29, 0.717) is 25.1 Å². The summed E-state index contributed by atoms with van der Waals surface area (Å²) in [5, 5.41) is 20.9. The maximum absolute atomic E-state index is 11.8. The van der Waals surface area contributed by atoms with Gasteiger partial charge in [0.25, 0.3) is 0 Å². The number of aliphatic hydroxyl groups is 2. The van der Waals surface area contributed by atoms with Gasteiger partial charge in [-0.05, 0) is 32.9 Å². The molecule has 0 aliphatic carbocycles. The summed E-state index contributed by atoms with van der Waals surface area (Å²) < 4.78 is 1.95. The first-order valence-electron chi connectivity index (χ1n) is 8.55. The Bertz CT molecular complexity index is 680. The summed E-state index contributed by atoms with van der Waals surface area (Å²) in [6, 6.07) is 7.76. The summed E-state index contributed by atoms with van der Waals surface area (Å²) in [4.78, 5) is 13.8. The summed E-state index contributed by atoms with van der Waals surface area (Å²) in [5.41, 5.74) is 1.66. The molecule has 0 spiro atoms. The minimum absolute atomic E-state index is 0.0325. The van der Waals surface area contributed by atoms with Gasteiger partial charge in [-0.1, -0.05) is 25.1 Å². The van der Waals surface area contributed by atoms with Gasteiger partial charge in [0.15, 0.2) is 5.78 Å². The summed E-state index contributed by atoms with van der Waals surface area (Å²) in [6.45, 7) is 5.24. The number of rotatable bonds is 9. The van der Waals surface area contributed by atoms with Crippen LogP contribution in [0.3, 0.4) is 0 Å². The molecule has 2 unspecified atom stereocenters. The molecule has 0 fully saturated rings. The van der Waals surface area contributed by atoms with Crippen LogP contribution in [0.25, 0.3) is 10.9 Å². The highest BCUT2D eigenvalue weighted by molar-refractivity contribution is 6.06. The number of nitrogens with zero attached hydrogens (tertiary/aromatic N) is 2. The summed E-state index contributed by atoms with van der Waals surface area (Å²) in [7, 11) is 1.94. The van der Waals surface area contributed by atoms with E-state index in [9.17, 15) is 15.0 Å². The highest BCUT2D eigenvalue weighted by Gasteiger charge is 2.15. The molecule has 24 heavy (non-hydrogen) atoms. The Morgan fingerprint density at radius 2 is 1.96 bits per heavy atom. The lowest BCUT2D eigenvalue weighted by Gasteiger charge is -2.22. The number of carbonyl (C=O) groups excluding carboxylic acids is 1. The van der Waals surface area contributed by atoms with E-state index in [1.807, 2.05) is 53.9 Å². The maximum atomic E-state index is 11.8. The third-order valence-corrected chi connectivity index (χ3v) is 4.41. The number of ketones is 1. The van der Waals surface area contributed by atoms with Crippen LogP contribution in [-0.2, 0) is 6.54 Å². The molecule has 0 bridgehead atoms. The van der Waals surface area contributed by atoms with Crippen LogP contribution >= 0.6 is 0 Å². The van der Waals surface area contributed by atoms with Crippen molar-refractivity contribution in [3.63, 3.8) is 0 Å². The van der Waals surface area contributed by atoms with Crippen molar-refractivity contribution in [3.05, 3.63) is 36.0 Å². The van der Waals surface area contributed by atoms with E-state index in [0.717, 1.165) is 23.9 Å². The SMILES string of the molecule is CCC(O)CCN(C)CC(O)Cn1cc(C(C)=O)c2ccccc21. The quantitative estimate of drug-likeness (QED) is 0.692. The number of Topliss-reactive ketones (excluding diaryl/α,β-unsaturated/α-hetero) is 1. The van der Waals surface area contributed by atoms with Gasteiger partial charge in [-0.15, -0.1) is 0 Å². The second kappa shape index (κ2) is 8.42. The van der Waals surface area contributed by atoms with E-state index in [4.69, 9.17) is 0 Å². The van der Waals surface area contributed by atoms with E-state index in [-0.39, 0.29) is 11.9 Å². The Kier molecular flexibility index (Phi) is 6.54. The molecule has 1 aromatic carbocycles. The van der Waals surface area contributed by atoms with Gasteiger partial charge in [0.05, 0.1) is 12.2 Å². The minimum atomic E-state index is -0.538. The second-order valence-electron chi connectivity index (χ2n) is 6.54. The zero-order valence-electron chi connectivity index (χ0n) is 14.8. The molecule has 0 aliphatic heterocycles. The molecule has 132 valence electrons. The van der Waals surface area contributed by atoms with Gasteiger partial charge in [0.2, 0.25) is 0 Å². The first kappa shape index (κ1) is 18.6. The van der Waals surface area contributed by atoms with Crippen molar-refractivity contribution in [2.24, 2.45) is 0 Å². The molecule has 2 atom stereocenters. The number of carbonyl (C=O) groups is 1. The van der Waals surface area contributed by atoms with Crippen LogP contribution in [0.5, 0.6) is 0 Å². The molecule has 0 saturated carbocycles. The van der Waals surface area contributed by atoms with Gasteiger partial charge < -0.3 is 19.7 Å². The van der Waals surface area contributed by atoms with Crippen LogP contribution in [0, 0.1) is 0 Å². The Morgan fingerprint density at radius 1 is 1.25 bits per heavy atom. The lowest BCUT2D eigenvalue weighted by Crippen LogP contribution is -2.33. The van der Waals surface area contributed by atoms with Gasteiger partial charge in [0, 0.05) is 42.3 Å². The lowest BCUT2D eigenvalue weighted by molar-refractivity contribution is 0.0951. The zero-order valence-corrected chi connectivity index (χ0v) is 14.8. The third kappa shape index (κ3) is 4.66. The van der Waals surface area contributed by atoms with Crippen LogP contribution in [0.1, 0.15) is 37.0 Å². The predicted molar refractivity (Wildman–Crippen MR) is 96.4 cm³/mol. The van der Waals surface area contributed by atoms with Gasteiger partial charge in [-0.25, -0.2) is 0 Å². The molecule has 0 radical (unpaired) electrons. The lowest BCUT2D eigenvalue weighted by atomic mass is 10.1. The Balaban J connectivity index is 2.03. The average molecular weight is 332 g/mol. The third-order valence-electron chi connectivity index (χ3n) is 4.41. The largest absolute Gasteiger partial charge is 0.393 e. The number of aliphatic hydroxyl groups excluding tert-OH is 2. The first-order chi connectivity index (χ1) is 11.4. The molecule has 2 rings (SSSR count). The molecule has 1 aromatic heterocycles. The predicted octanol–water partition coefficient (Wildman–Crippen LogP) is 2.30. The van der Waals surface area contributed by atoms with E-state index in [1.54, 1.807) is 6.92 Å². The van der Waals surface area contributed by atoms with Crippen LogP contribution in [0.2, 0.25) is 0 Å². The number of hydrogen-bond acceptors (Lipinski definition) is 4. The van der Waals surface area contributed by atoms with Gasteiger partial charge in [-0.2, -0.15) is 0 Å². The Labute approximate surface area is 143 Å². The fourth-order valence-electron chi connectivity index (χ4n) is 2.99. The fraction of sp³-hybridized carbons (Fsp3) is 0.526. The van der Waals surface area contributed by atoms with E-state index >= 15 is 0 Å². The number of para-hydroxylation sites is 1. The second-order valence-corrected chi connectivity index (χ2v) is 6.54. The van der Waals surface area contributed by atoms with Crippen molar-refractivity contribution >= 4 is 16.7 Å². The normalized spacial score (nSPS) is 14.2. The number of likely N-dealkylation sites (N-methyl/N-ethyl adjacent to an activating group) is 1. The highest BCUT2D eigenvalue weighted by Crippen LogP contribution is 2.22. The zero-order chi connectivity index (χ0) is 17.7. The van der Waals surface area contributed by atoms with Crippen LogP contribution in [0.4, 0.5) is 0 Å². The van der Waals surface area contributed by atoms with Crippen molar-refractivity contribution in [1.29, 1.82) is 0 Å². The van der Waals surface area contributed by atoms with Crippen molar-refractivity contribution in [2.75, 3.05) is 20.1 Å². The highest BCUT2D eigenvalue weighted by atomic mass is 16.3. The monoisotopic (exact) mass is 332 g/mol. The molecule has 0 aliphatic rings. The minimum Gasteiger partial charge on any atom is -0.393 e. The molecule has 5 nitrogen and oxygen atoms in total. The number of fused-ring (bicyclic) bond motifs is 1. The number of aromatic nitrogens is 1. The standard InChI is InChI=1S/C19H28N2O3/c1-4-15(23)9-10-20(3)11-16(24)12-21-13-18(14(2)22)17-7-5-6-8-19(17)21/h5-8,13,15-16,23-24H,4,9-12H2,1-3H3. The van der Waals surface area contributed by atoms with Gasteiger partial charge >= 0.3 is 0 Å². The van der Waals surface area contributed by atoms with Crippen molar-refractivity contribution in [2.45, 2.75) is 45.4 Å². The van der Waals surface area contributed by atoms with E-state index in [1.165, 1.54) is 0 Å². The van der Waals surface area contributed by atoms with Crippen molar-refractivity contribution in [3.8, 4) is 0 Å². The van der Waals surface area contributed by atoms with Crippen molar-refractivity contribution < 1.29 is 15.0 Å². The Hall–Kier alpha value is -1.69. The topological polar surface area (TPSA) is 65.7 Å². The summed E-state index contributed by atoms with van der Waals surface area (Å²) in [5.74, 6) is 0.0325. The van der Waals surface area contributed by atoms with Crippen molar-refractivity contribution in [1.82, 2.24) is 9.47 Å². The van der Waals surface area contributed by atoms with E-state index < -0.39 is 6.10 Å². The first-order valence-corrected chi connectivity index (χ1v) is 8.55. The molecular formula is C19H28N2O3. The smallest absolute Gasteiger partial charge is 0.161 e.